The van der Waals surface area contributed by atoms with Gasteiger partial charge in [-0.2, -0.15) is 5.10 Å². The molecule has 29 heavy (non-hydrogen) atoms. The first-order valence-electron chi connectivity index (χ1n) is 10.8. The molecule has 0 saturated heterocycles. The Morgan fingerprint density at radius 1 is 1.00 bits per heavy atom. The topological polar surface area (TPSA) is 43.6 Å². The fourth-order valence-corrected chi connectivity index (χ4v) is 3.75. The molecule has 0 fully saturated rings. The van der Waals surface area contributed by atoms with E-state index in [9.17, 15) is 0 Å². The summed E-state index contributed by atoms with van der Waals surface area (Å²) in [5.41, 5.74) is 4.81. The quantitative estimate of drug-likeness (QED) is 0.477. The van der Waals surface area contributed by atoms with Gasteiger partial charge in [-0.1, -0.05) is 41.5 Å². The summed E-state index contributed by atoms with van der Waals surface area (Å²) in [6.45, 7) is 17.9. The zero-order valence-electron chi connectivity index (χ0n) is 19.3. The van der Waals surface area contributed by atoms with E-state index in [1.807, 2.05) is 18.6 Å². The van der Waals surface area contributed by atoms with Crippen molar-refractivity contribution in [3.05, 3.63) is 53.7 Å². The van der Waals surface area contributed by atoms with Gasteiger partial charge in [-0.3, -0.25) is 14.6 Å². The number of rotatable bonds is 6. The predicted molar refractivity (Wildman–Crippen MR) is 122 cm³/mol. The smallest absolute Gasteiger partial charge is 0.0922 e. The Morgan fingerprint density at radius 2 is 1.72 bits per heavy atom. The van der Waals surface area contributed by atoms with Crippen LogP contribution in [0.15, 0.2) is 36.9 Å². The lowest BCUT2D eigenvalue weighted by Gasteiger charge is -2.25. The van der Waals surface area contributed by atoms with Crippen molar-refractivity contribution in [1.29, 1.82) is 0 Å². The molecule has 0 aliphatic carbocycles. The van der Waals surface area contributed by atoms with E-state index in [0.29, 0.717) is 12.0 Å². The monoisotopic (exact) mass is 392 g/mol. The molecule has 4 nitrogen and oxygen atoms in total. The van der Waals surface area contributed by atoms with Crippen LogP contribution in [0.4, 0.5) is 0 Å². The molecule has 0 radical (unpaired) electrons. The summed E-state index contributed by atoms with van der Waals surface area (Å²) in [4.78, 5) is 9.42. The Hall–Kier alpha value is -2.23. The van der Waals surface area contributed by atoms with E-state index in [2.05, 4.69) is 88.5 Å². The summed E-state index contributed by atoms with van der Waals surface area (Å²) in [5.74, 6) is 0.456. The van der Waals surface area contributed by atoms with Gasteiger partial charge in [0.05, 0.1) is 17.4 Å². The highest BCUT2D eigenvalue weighted by Crippen LogP contribution is 2.34. The molecule has 0 amide bonds. The van der Waals surface area contributed by atoms with Gasteiger partial charge in [0.25, 0.3) is 0 Å². The van der Waals surface area contributed by atoms with E-state index in [-0.39, 0.29) is 10.8 Å². The van der Waals surface area contributed by atoms with Gasteiger partial charge in [0.15, 0.2) is 0 Å². The van der Waals surface area contributed by atoms with Crippen LogP contribution in [-0.2, 0) is 10.8 Å². The first-order chi connectivity index (χ1) is 13.5. The Balaban J connectivity index is 1.76. The highest BCUT2D eigenvalue weighted by molar-refractivity contribution is 5.81. The summed E-state index contributed by atoms with van der Waals surface area (Å²) in [5, 5.41) is 5.72. The van der Waals surface area contributed by atoms with E-state index >= 15 is 0 Å². The number of pyridine rings is 2. The highest BCUT2D eigenvalue weighted by Gasteiger charge is 2.24. The first-order valence-corrected chi connectivity index (χ1v) is 10.8. The largest absolute Gasteiger partial charge is 0.270 e. The molecule has 156 valence electrons. The van der Waals surface area contributed by atoms with Crippen LogP contribution in [0.5, 0.6) is 0 Å². The van der Waals surface area contributed by atoms with E-state index in [1.54, 1.807) is 0 Å². The zero-order chi connectivity index (χ0) is 21.4. The maximum Gasteiger partial charge on any atom is 0.0922 e. The lowest BCUT2D eigenvalue weighted by Crippen LogP contribution is -2.17. The predicted octanol–water partition coefficient (Wildman–Crippen LogP) is 6.57. The molecule has 3 aromatic heterocycles. The molecule has 0 bridgehead atoms. The van der Waals surface area contributed by atoms with Gasteiger partial charge < -0.3 is 0 Å². The van der Waals surface area contributed by atoms with Crippen molar-refractivity contribution >= 4 is 10.9 Å². The molecule has 1 atom stereocenters. The molecule has 3 heterocycles. The molecule has 0 N–H and O–H groups in total. The summed E-state index contributed by atoms with van der Waals surface area (Å²) in [7, 11) is 0. The summed E-state index contributed by atoms with van der Waals surface area (Å²) in [6.07, 6.45) is 10.4. The third kappa shape index (κ3) is 4.68. The van der Waals surface area contributed by atoms with Gasteiger partial charge in [-0.25, -0.2) is 0 Å². The minimum Gasteiger partial charge on any atom is -0.270 e. The number of aromatic nitrogens is 4. The molecule has 3 rings (SSSR count). The molecule has 0 saturated carbocycles. The van der Waals surface area contributed by atoms with Crippen LogP contribution in [0.2, 0.25) is 0 Å². The summed E-state index contributed by atoms with van der Waals surface area (Å²) in [6, 6.07) is 4.78. The average molecular weight is 393 g/mol. The van der Waals surface area contributed by atoms with Crippen LogP contribution < -0.4 is 0 Å². The Morgan fingerprint density at radius 3 is 2.34 bits per heavy atom. The van der Waals surface area contributed by atoms with Crippen molar-refractivity contribution in [2.75, 3.05) is 0 Å². The molecule has 3 aromatic rings. The van der Waals surface area contributed by atoms with E-state index in [1.165, 1.54) is 16.5 Å². The van der Waals surface area contributed by atoms with Gasteiger partial charge in [-0.05, 0) is 61.3 Å². The third-order valence-electron chi connectivity index (χ3n) is 6.01. The van der Waals surface area contributed by atoms with Crippen molar-refractivity contribution in [3.8, 4) is 0 Å². The molecular weight excluding hydrogens is 356 g/mol. The molecule has 4 heteroatoms. The van der Waals surface area contributed by atoms with Gasteiger partial charge in [0, 0.05) is 35.4 Å². The van der Waals surface area contributed by atoms with E-state index in [4.69, 9.17) is 4.98 Å². The van der Waals surface area contributed by atoms with Gasteiger partial charge in [0.2, 0.25) is 0 Å². The Bertz CT molecular complexity index is 976. The molecule has 0 aliphatic rings. The number of hydrogen-bond donors (Lipinski definition) is 0. The number of fused-ring (bicyclic) bond motifs is 1. The number of nitrogens with zero attached hydrogens (tertiary/aromatic N) is 4. The summed E-state index contributed by atoms with van der Waals surface area (Å²) < 4.78 is 2.05. The molecular formula is C25H36N4. The lowest BCUT2D eigenvalue weighted by molar-refractivity contribution is 0.437. The highest BCUT2D eigenvalue weighted by atomic mass is 15.3. The fraction of sp³-hybridized carbons (Fsp3) is 0.560. The van der Waals surface area contributed by atoms with Crippen molar-refractivity contribution in [2.24, 2.45) is 0 Å². The SMILES string of the molecule is CC(CCC(C)(C)c1cnn(C(C)C)c1)c1cnc2c(C(C)(C)C)nccc2c1. The first kappa shape index (κ1) is 21.5. The molecule has 0 aliphatic heterocycles. The molecule has 0 aromatic carbocycles. The second kappa shape index (κ2) is 7.89. The van der Waals surface area contributed by atoms with Gasteiger partial charge in [-0.15, -0.1) is 0 Å². The third-order valence-corrected chi connectivity index (χ3v) is 6.01. The molecule has 0 spiro atoms. The minimum absolute atomic E-state index is 0.00983. The lowest BCUT2D eigenvalue weighted by atomic mass is 9.79. The summed E-state index contributed by atoms with van der Waals surface area (Å²) >= 11 is 0. The van der Waals surface area contributed by atoms with Crippen LogP contribution >= 0.6 is 0 Å². The van der Waals surface area contributed by atoms with E-state index in [0.717, 1.165) is 24.1 Å². The second-order valence-electron chi connectivity index (χ2n) is 10.4. The Kier molecular flexibility index (Phi) is 5.84. The number of hydrogen-bond acceptors (Lipinski definition) is 3. The average Bonchev–Trinajstić information content (AvgIpc) is 3.16. The van der Waals surface area contributed by atoms with Crippen molar-refractivity contribution in [3.63, 3.8) is 0 Å². The minimum atomic E-state index is -0.00983. The maximum absolute atomic E-state index is 4.82. The van der Waals surface area contributed by atoms with Crippen molar-refractivity contribution in [1.82, 2.24) is 19.7 Å². The normalized spacial score (nSPS) is 14.0. The van der Waals surface area contributed by atoms with Crippen molar-refractivity contribution < 1.29 is 0 Å². The van der Waals surface area contributed by atoms with Crippen LogP contribution in [0.1, 0.15) is 97.0 Å². The second-order valence-corrected chi connectivity index (χ2v) is 10.4. The standard InChI is InChI=1S/C25H36N4/c1-17(2)29-16-21(15-28-29)25(7,8)11-9-18(3)20-13-19-10-12-26-23(24(4,5)6)22(19)27-14-20/h10,12-18H,9,11H2,1-8H3. The Labute approximate surface area is 175 Å². The van der Waals surface area contributed by atoms with Crippen LogP contribution in [-0.4, -0.2) is 19.7 Å². The van der Waals surface area contributed by atoms with Gasteiger partial charge >= 0.3 is 0 Å². The zero-order valence-corrected chi connectivity index (χ0v) is 19.3. The fourth-order valence-electron chi connectivity index (χ4n) is 3.75. The molecule has 1 unspecified atom stereocenters. The van der Waals surface area contributed by atoms with Crippen LogP contribution in [0, 0.1) is 0 Å². The maximum atomic E-state index is 4.82. The van der Waals surface area contributed by atoms with Crippen molar-refractivity contribution in [2.45, 2.75) is 91.0 Å². The van der Waals surface area contributed by atoms with Gasteiger partial charge in [0.1, 0.15) is 0 Å². The van der Waals surface area contributed by atoms with Crippen LogP contribution in [0.3, 0.4) is 0 Å². The van der Waals surface area contributed by atoms with E-state index < -0.39 is 0 Å². The van der Waals surface area contributed by atoms with Crippen LogP contribution in [0.25, 0.3) is 10.9 Å².